The van der Waals surface area contributed by atoms with E-state index in [0.717, 1.165) is 72.9 Å². The number of imide groups is 2. The van der Waals surface area contributed by atoms with E-state index in [0.29, 0.717) is 34.9 Å². The van der Waals surface area contributed by atoms with Crippen molar-refractivity contribution in [1.29, 1.82) is 5.26 Å². The van der Waals surface area contributed by atoms with Crippen molar-refractivity contribution in [3.8, 4) is 17.6 Å². The summed E-state index contributed by atoms with van der Waals surface area (Å²) in [5.41, 5.74) is 2.75. The number of amides is 5. The van der Waals surface area contributed by atoms with Gasteiger partial charge in [-0.1, -0.05) is 27.7 Å². The lowest BCUT2D eigenvalue weighted by atomic mass is 9.49. The maximum atomic E-state index is 13.6. The van der Waals surface area contributed by atoms with Gasteiger partial charge in [-0.05, 0) is 106 Å². The molecule has 0 bridgehead atoms. The van der Waals surface area contributed by atoms with Crippen molar-refractivity contribution in [1.82, 2.24) is 25.4 Å². The van der Waals surface area contributed by atoms with Crippen LogP contribution in [0.2, 0.25) is 0 Å². The Balaban J connectivity index is 0.797. The summed E-state index contributed by atoms with van der Waals surface area (Å²) in [6.45, 7) is 19.6. The number of carbonyl (C=O) groups excluding carboxylic acids is 5. The molecule has 3 aliphatic heterocycles. The molecule has 2 aliphatic carbocycles. The van der Waals surface area contributed by atoms with E-state index >= 15 is 0 Å². The lowest BCUT2D eigenvalue weighted by Crippen LogP contribution is -2.74. The fourth-order valence-corrected chi connectivity index (χ4v) is 11.1. The summed E-state index contributed by atoms with van der Waals surface area (Å²) < 4.78 is 12.9. The number of nitrogens with one attached hydrogen (secondary N) is 2. The first-order valence-corrected chi connectivity index (χ1v) is 22.3. The van der Waals surface area contributed by atoms with Crippen molar-refractivity contribution in [3.63, 3.8) is 0 Å². The molecule has 2 aromatic carbocycles. The fourth-order valence-electron chi connectivity index (χ4n) is 11.1. The molecular weight excluding hydrogens is 799 g/mol. The Hall–Kier alpha value is -5.81. The number of hydrogen-bond donors (Lipinski definition) is 2. The van der Waals surface area contributed by atoms with E-state index in [1.54, 1.807) is 24.4 Å². The second kappa shape index (κ2) is 16.7. The van der Waals surface area contributed by atoms with Crippen LogP contribution in [0, 0.1) is 41.9 Å². The minimum atomic E-state index is -1.00. The summed E-state index contributed by atoms with van der Waals surface area (Å²) in [5, 5.41) is 15.0. The average Bonchev–Trinajstić information content (AvgIpc) is 3.47. The number of rotatable bonds is 12. The van der Waals surface area contributed by atoms with E-state index in [9.17, 15) is 29.2 Å². The van der Waals surface area contributed by atoms with Gasteiger partial charge in [-0.2, -0.15) is 5.26 Å². The van der Waals surface area contributed by atoms with E-state index in [2.05, 4.69) is 68.0 Å². The molecule has 4 heterocycles. The maximum absolute atomic E-state index is 13.6. The minimum absolute atomic E-state index is 0.0165. The minimum Gasteiger partial charge on any atom is -0.490 e. The van der Waals surface area contributed by atoms with E-state index in [1.807, 2.05) is 38.1 Å². The highest BCUT2D eigenvalue weighted by Gasteiger charge is 2.64. The van der Waals surface area contributed by atoms with Gasteiger partial charge in [0.05, 0.1) is 28.3 Å². The summed E-state index contributed by atoms with van der Waals surface area (Å²) >= 11 is 0. The van der Waals surface area contributed by atoms with Gasteiger partial charge in [0, 0.05) is 74.0 Å². The van der Waals surface area contributed by atoms with Crippen LogP contribution < -0.4 is 25.0 Å². The molecule has 0 radical (unpaired) electrons. The highest BCUT2D eigenvalue weighted by molar-refractivity contribution is 6.23. The van der Waals surface area contributed by atoms with Crippen LogP contribution in [0.15, 0.2) is 48.7 Å². The SMILES string of the molecule is Cc1cc(OC2C(C)(C)C(NC(=O)c3ccc(N4CCC(CN(C(C)C)C5CC(Oc6ccc7c(c6)C(=O)N(C6CCC(=O)NC6=O)C7=O)C5)CC4)nc3)C2(C)C)cc(C)c1C#N. The third-order valence-electron chi connectivity index (χ3n) is 14.3. The predicted molar refractivity (Wildman–Crippen MR) is 235 cm³/mol. The maximum Gasteiger partial charge on any atom is 0.262 e. The molecule has 332 valence electrons. The van der Waals surface area contributed by atoms with Crippen LogP contribution >= 0.6 is 0 Å². The van der Waals surface area contributed by atoms with E-state index in [1.165, 1.54) is 0 Å². The van der Waals surface area contributed by atoms with Crippen LogP contribution in [0.1, 0.15) is 128 Å². The monoisotopic (exact) mass is 857 g/mol. The van der Waals surface area contributed by atoms with Gasteiger partial charge in [0.25, 0.3) is 17.7 Å². The van der Waals surface area contributed by atoms with Gasteiger partial charge in [0.2, 0.25) is 11.8 Å². The van der Waals surface area contributed by atoms with Gasteiger partial charge >= 0.3 is 0 Å². The molecule has 4 fully saturated rings. The first kappa shape index (κ1) is 43.8. The van der Waals surface area contributed by atoms with Crippen molar-refractivity contribution >= 4 is 35.4 Å². The summed E-state index contributed by atoms with van der Waals surface area (Å²) in [6, 6.07) is 14.4. The number of anilines is 1. The number of ether oxygens (including phenoxy) is 2. The summed E-state index contributed by atoms with van der Waals surface area (Å²) in [6.07, 6.45) is 5.49. The molecule has 2 saturated heterocycles. The third kappa shape index (κ3) is 8.16. The predicted octanol–water partition coefficient (Wildman–Crippen LogP) is 6.12. The van der Waals surface area contributed by atoms with E-state index < -0.39 is 29.7 Å². The Morgan fingerprint density at radius 1 is 0.921 bits per heavy atom. The zero-order valence-electron chi connectivity index (χ0n) is 37.6. The largest absolute Gasteiger partial charge is 0.490 e. The molecule has 1 atom stereocenters. The number of nitrogens with zero attached hydrogens (tertiary/aromatic N) is 5. The molecular formula is C49H59N7O7. The first-order valence-electron chi connectivity index (χ1n) is 22.3. The molecule has 3 aromatic rings. The Morgan fingerprint density at radius 2 is 1.59 bits per heavy atom. The second-order valence-electron chi connectivity index (χ2n) is 19.7. The van der Waals surface area contributed by atoms with Crippen molar-refractivity contribution in [2.45, 2.75) is 130 Å². The molecule has 2 saturated carbocycles. The number of nitriles is 1. The smallest absolute Gasteiger partial charge is 0.262 e. The number of fused-ring (bicyclic) bond motifs is 1. The molecule has 2 N–H and O–H groups in total. The summed E-state index contributed by atoms with van der Waals surface area (Å²) in [4.78, 5) is 74.7. The van der Waals surface area contributed by atoms with Crippen LogP contribution in [0.4, 0.5) is 5.82 Å². The highest BCUT2D eigenvalue weighted by Crippen LogP contribution is 2.55. The van der Waals surface area contributed by atoms with Gasteiger partial charge in [-0.15, -0.1) is 0 Å². The quantitative estimate of drug-likeness (QED) is 0.201. The lowest BCUT2D eigenvalue weighted by Gasteiger charge is -2.63. The van der Waals surface area contributed by atoms with Gasteiger partial charge in [0.15, 0.2) is 0 Å². The topological polar surface area (TPSA) is 174 Å². The zero-order chi connectivity index (χ0) is 45.1. The van der Waals surface area contributed by atoms with Crippen LogP contribution in [0.25, 0.3) is 0 Å². The molecule has 14 heteroatoms. The van der Waals surface area contributed by atoms with Crippen molar-refractivity contribution in [2.75, 3.05) is 24.5 Å². The van der Waals surface area contributed by atoms with E-state index in [4.69, 9.17) is 14.5 Å². The average molecular weight is 858 g/mol. The number of aromatic nitrogens is 1. The first-order chi connectivity index (χ1) is 29.9. The number of pyridine rings is 1. The summed E-state index contributed by atoms with van der Waals surface area (Å²) in [5.74, 6) is 0.400. The van der Waals surface area contributed by atoms with E-state index in [-0.39, 0.29) is 59.0 Å². The number of carbonyl (C=O) groups is 5. The second-order valence-corrected chi connectivity index (χ2v) is 19.7. The number of piperidine rings is 2. The number of benzene rings is 2. The van der Waals surface area contributed by atoms with Crippen molar-refractivity contribution in [3.05, 3.63) is 82.0 Å². The molecule has 5 amide bonds. The zero-order valence-corrected chi connectivity index (χ0v) is 37.6. The van der Waals surface area contributed by atoms with Crippen molar-refractivity contribution < 1.29 is 33.4 Å². The van der Waals surface area contributed by atoms with Crippen LogP contribution in [-0.4, -0.2) is 100 Å². The molecule has 0 spiro atoms. The van der Waals surface area contributed by atoms with Gasteiger partial charge in [-0.25, -0.2) is 4.98 Å². The Kier molecular flexibility index (Phi) is 11.6. The highest BCUT2D eigenvalue weighted by atomic mass is 16.5. The molecule has 14 nitrogen and oxygen atoms in total. The van der Waals surface area contributed by atoms with Gasteiger partial charge in [0.1, 0.15) is 35.6 Å². The Bertz CT molecular complexity index is 2330. The van der Waals surface area contributed by atoms with Crippen LogP contribution in [0.5, 0.6) is 11.5 Å². The van der Waals surface area contributed by atoms with Crippen LogP contribution in [-0.2, 0) is 9.59 Å². The number of hydrogen-bond acceptors (Lipinski definition) is 11. The Labute approximate surface area is 369 Å². The normalized spacial score (nSPS) is 25.3. The molecule has 8 rings (SSSR count). The van der Waals surface area contributed by atoms with Crippen molar-refractivity contribution in [2.24, 2.45) is 16.7 Å². The molecule has 1 aromatic heterocycles. The van der Waals surface area contributed by atoms with Gasteiger partial charge < -0.3 is 19.7 Å². The standard InChI is InChI=1S/C49H59N7O7/c1-27(2)55(32-21-35(22-32)62-33-10-11-36-37(23-33)45(61)56(44(36)60)39-12-14-41(57)52-43(39)59)26-30-15-17-54(18-16-30)40-13-9-31(25-51-40)42(58)53-46-48(5,6)47(49(46,7)8)63-34-19-28(3)38(24-50)29(4)20-34/h9-11,13,19-20,23,25,27,30,32,35,39,46-47H,12,14-18,21-22,26H2,1-8H3,(H,53,58)(H,52,57,59). The van der Waals surface area contributed by atoms with Gasteiger partial charge in [-0.3, -0.25) is 39.1 Å². The third-order valence-corrected chi connectivity index (χ3v) is 14.3. The number of aryl methyl sites for hydroxylation is 2. The molecule has 63 heavy (non-hydrogen) atoms. The molecule has 1 unspecified atom stereocenters. The lowest BCUT2D eigenvalue weighted by molar-refractivity contribution is -0.164. The Morgan fingerprint density at radius 3 is 2.19 bits per heavy atom. The fraction of sp³-hybridized carbons (Fsp3) is 0.531. The molecule has 5 aliphatic rings. The summed E-state index contributed by atoms with van der Waals surface area (Å²) in [7, 11) is 0. The van der Waals surface area contributed by atoms with Crippen LogP contribution in [0.3, 0.4) is 0 Å².